The Morgan fingerprint density at radius 2 is 1.73 bits per heavy atom. The summed E-state index contributed by atoms with van der Waals surface area (Å²) in [6.07, 6.45) is 7.05. The molecule has 1 aliphatic heterocycles. The van der Waals surface area contributed by atoms with Gasteiger partial charge in [-0.15, -0.1) is 11.3 Å². The van der Waals surface area contributed by atoms with E-state index >= 15 is 0 Å². The molecule has 2 heterocycles. The number of hydrogen-bond donors (Lipinski definition) is 0. The molecule has 1 aromatic rings. The van der Waals surface area contributed by atoms with Crippen LogP contribution in [0.2, 0.25) is 0 Å². The van der Waals surface area contributed by atoms with Crippen LogP contribution in [0.3, 0.4) is 0 Å². The van der Waals surface area contributed by atoms with E-state index in [-0.39, 0.29) is 0 Å². The van der Waals surface area contributed by atoms with E-state index in [0.717, 1.165) is 6.54 Å². The van der Waals surface area contributed by atoms with Crippen molar-refractivity contribution < 1.29 is 0 Å². The Bertz CT molecular complexity index is 290. The summed E-state index contributed by atoms with van der Waals surface area (Å²) < 4.78 is 1.25. The van der Waals surface area contributed by atoms with Gasteiger partial charge in [-0.1, -0.05) is 19.3 Å². The minimum Gasteiger partial charge on any atom is -0.298 e. The van der Waals surface area contributed by atoms with E-state index in [1.165, 1.54) is 53.9 Å². The average Bonchev–Trinajstić information content (AvgIpc) is 2.56. The number of likely N-dealkylation sites (tertiary alicyclic amines) is 1. The van der Waals surface area contributed by atoms with E-state index in [1.807, 2.05) is 11.3 Å². The third kappa shape index (κ3) is 3.89. The van der Waals surface area contributed by atoms with E-state index in [0.29, 0.717) is 0 Å². The predicted octanol–water partition coefficient (Wildman–Crippen LogP) is 4.28. The maximum absolute atomic E-state index is 3.52. The monoisotopic (exact) mass is 287 g/mol. The fourth-order valence-electron chi connectivity index (χ4n) is 2.13. The van der Waals surface area contributed by atoms with E-state index in [1.54, 1.807) is 0 Å². The van der Waals surface area contributed by atoms with Crippen LogP contribution >= 0.6 is 27.3 Å². The first-order valence-electron chi connectivity index (χ1n) is 5.81. The number of hydrogen-bond acceptors (Lipinski definition) is 2. The van der Waals surface area contributed by atoms with Crippen molar-refractivity contribution in [1.82, 2.24) is 4.90 Å². The molecule has 0 radical (unpaired) electrons. The molecule has 0 atom stereocenters. The van der Waals surface area contributed by atoms with Crippen LogP contribution in [0.4, 0.5) is 0 Å². The highest BCUT2D eigenvalue weighted by molar-refractivity contribution is 9.11. The molecule has 0 bridgehead atoms. The molecule has 3 heteroatoms. The van der Waals surface area contributed by atoms with Crippen LogP contribution < -0.4 is 0 Å². The van der Waals surface area contributed by atoms with Gasteiger partial charge in [-0.25, -0.2) is 0 Å². The Morgan fingerprint density at radius 3 is 2.33 bits per heavy atom. The molecule has 1 aromatic heterocycles. The summed E-state index contributed by atoms with van der Waals surface area (Å²) in [6.45, 7) is 3.72. The van der Waals surface area contributed by atoms with Crippen molar-refractivity contribution >= 4 is 27.3 Å². The zero-order chi connectivity index (χ0) is 10.5. The lowest BCUT2D eigenvalue weighted by Gasteiger charge is -2.23. The first-order valence-corrected chi connectivity index (χ1v) is 7.42. The summed E-state index contributed by atoms with van der Waals surface area (Å²) >= 11 is 5.39. The van der Waals surface area contributed by atoms with Crippen LogP contribution in [0.15, 0.2) is 15.9 Å². The lowest BCUT2D eigenvalue weighted by Crippen LogP contribution is -2.26. The number of halogens is 1. The summed E-state index contributed by atoms with van der Waals surface area (Å²) in [5.74, 6) is 0. The lowest BCUT2D eigenvalue weighted by molar-refractivity contribution is 0.241. The molecule has 0 unspecified atom stereocenters. The van der Waals surface area contributed by atoms with Crippen molar-refractivity contribution in [3.8, 4) is 0 Å². The van der Waals surface area contributed by atoms with Crippen LogP contribution in [0, 0.1) is 0 Å². The Hall–Kier alpha value is 0.140. The molecule has 1 nitrogen and oxygen atoms in total. The molecule has 0 aliphatic carbocycles. The SMILES string of the molecule is Brc1ccc(CN2CCCCCCC2)s1. The minimum atomic E-state index is 1.15. The van der Waals surface area contributed by atoms with Crippen LogP contribution in [0.5, 0.6) is 0 Å². The summed E-state index contributed by atoms with van der Waals surface area (Å²) in [4.78, 5) is 4.10. The molecule has 0 saturated carbocycles. The molecule has 1 fully saturated rings. The third-order valence-electron chi connectivity index (χ3n) is 2.96. The van der Waals surface area contributed by atoms with Gasteiger partial charge in [-0.3, -0.25) is 4.90 Å². The molecule has 0 amide bonds. The fourth-order valence-corrected chi connectivity index (χ4v) is 3.65. The van der Waals surface area contributed by atoms with Crippen LogP contribution in [0.25, 0.3) is 0 Å². The molecule has 1 saturated heterocycles. The predicted molar refractivity (Wildman–Crippen MR) is 70.4 cm³/mol. The third-order valence-corrected chi connectivity index (χ3v) is 4.57. The number of thiophene rings is 1. The Labute approximate surface area is 105 Å². The van der Waals surface area contributed by atoms with Crippen LogP contribution in [-0.2, 0) is 6.54 Å². The van der Waals surface area contributed by atoms with E-state index in [9.17, 15) is 0 Å². The molecule has 15 heavy (non-hydrogen) atoms. The summed E-state index contributed by atoms with van der Waals surface area (Å²) in [5.41, 5.74) is 0. The first kappa shape index (κ1) is 11.6. The maximum atomic E-state index is 3.52. The van der Waals surface area contributed by atoms with Gasteiger partial charge < -0.3 is 0 Å². The smallest absolute Gasteiger partial charge is 0.0701 e. The van der Waals surface area contributed by atoms with Gasteiger partial charge in [0.15, 0.2) is 0 Å². The second-order valence-corrected chi connectivity index (χ2v) is 6.80. The maximum Gasteiger partial charge on any atom is 0.0701 e. The highest BCUT2D eigenvalue weighted by atomic mass is 79.9. The van der Waals surface area contributed by atoms with Gasteiger partial charge >= 0.3 is 0 Å². The molecule has 0 aromatic carbocycles. The fraction of sp³-hybridized carbons (Fsp3) is 0.667. The van der Waals surface area contributed by atoms with Gasteiger partial charge in [-0.2, -0.15) is 0 Å². The van der Waals surface area contributed by atoms with E-state index < -0.39 is 0 Å². The summed E-state index contributed by atoms with van der Waals surface area (Å²) in [5, 5.41) is 0. The second-order valence-electron chi connectivity index (χ2n) is 4.25. The topological polar surface area (TPSA) is 3.24 Å². The van der Waals surface area contributed by atoms with Crippen LogP contribution in [-0.4, -0.2) is 18.0 Å². The van der Waals surface area contributed by atoms with Gasteiger partial charge in [0.05, 0.1) is 3.79 Å². The Balaban J connectivity index is 1.86. The molecular weight excluding hydrogens is 270 g/mol. The normalized spacial score (nSPS) is 19.8. The molecule has 2 rings (SSSR count). The zero-order valence-corrected chi connectivity index (χ0v) is 11.4. The highest BCUT2D eigenvalue weighted by Crippen LogP contribution is 2.24. The Morgan fingerprint density at radius 1 is 1.07 bits per heavy atom. The molecule has 0 spiro atoms. The molecule has 1 aliphatic rings. The minimum absolute atomic E-state index is 1.15. The molecular formula is C12H18BrNS. The van der Waals surface area contributed by atoms with E-state index in [2.05, 4.69) is 33.0 Å². The summed E-state index contributed by atoms with van der Waals surface area (Å²) in [7, 11) is 0. The average molecular weight is 288 g/mol. The Kier molecular flexibility index (Phi) is 4.66. The van der Waals surface area contributed by atoms with E-state index in [4.69, 9.17) is 0 Å². The first-order chi connectivity index (χ1) is 7.34. The second kappa shape index (κ2) is 6.02. The summed E-state index contributed by atoms with van der Waals surface area (Å²) in [6, 6.07) is 4.40. The quantitative estimate of drug-likeness (QED) is 0.785. The van der Waals surface area contributed by atoms with Gasteiger partial charge in [-0.05, 0) is 54.0 Å². The van der Waals surface area contributed by atoms with Crippen molar-refractivity contribution in [2.75, 3.05) is 13.1 Å². The lowest BCUT2D eigenvalue weighted by atomic mass is 10.1. The standard InChI is InChI=1S/C12H18BrNS/c13-12-7-6-11(15-12)10-14-8-4-2-1-3-5-9-14/h6-7H,1-5,8-10H2. The van der Waals surface area contributed by atoms with Gasteiger partial charge in [0, 0.05) is 11.4 Å². The number of rotatable bonds is 2. The molecule has 0 N–H and O–H groups in total. The van der Waals surface area contributed by atoms with Crippen molar-refractivity contribution in [3.63, 3.8) is 0 Å². The van der Waals surface area contributed by atoms with Crippen LogP contribution in [0.1, 0.15) is 37.0 Å². The number of nitrogens with zero attached hydrogens (tertiary/aromatic N) is 1. The van der Waals surface area contributed by atoms with Crippen molar-refractivity contribution in [1.29, 1.82) is 0 Å². The van der Waals surface area contributed by atoms with Crippen molar-refractivity contribution in [3.05, 3.63) is 20.8 Å². The van der Waals surface area contributed by atoms with Gasteiger partial charge in [0.25, 0.3) is 0 Å². The zero-order valence-electron chi connectivity index (χ0n) is 9.04. The highest BCUT2D eigenvalue weighted by Gasteiger charge is 2.09. The van der Waals surface area contributed by atoms with Crippen molar-refractivity contribution in [2.45, 2.75) is 38.6 Å². The van der Waals surface area contributed by atoms with Gasteiger partial charge in [0.1, 0.15) is 0 Å². The van der Waals surface area contributed by atoms with Gasteiger partial charge in [0.2, 0.25) is 0 Å². The van der Waals surface area contributed by atoms with Crippen molar-refractivity contribution in [2.24, 2.45) is 0 Å². The molecule has 84 valence electrons. The largest absolute Gasteiger partial charge is 0.298 e.